The number of hydrogen-bond acceptors (Lipinski definition) is 3. The van der Waals surface area contributed by atoms with Gasteiger partial charge in [-0.3, -0.25) is 0 Å². The molecule has 0 amide bonds. The second kappa shape index (κ2) is 6.67. The molecule has 0 aliphatic rings. The summed E-state index contributed by atoms with van der Waals surface area (Å²) in [6.07, 6.45) is -2.95. The second-order valence-electron chi connectivity index (χ2n) is 4.27. The number of nitrogens with one attached hydrogen (secondary N) is 1. The van der Waals surface area contributed by atoms with Gasteiger partial charge in [0.1, 0.15) is 0 Å². The molecule has 21 heavy (non-hydrogen) atoms. The van der Waals surface area contributed by atoms with Gasteiger partial charge in [-0.25, -0.2) is 4.98 Å². The lowest BCUT2D eigenvalue weighted by molar-refractivity contribution is -0.154. The number of halogens is 4. The quantitative estimate of drug-likeness (QED) is 0.893. The third kappa shape index (κ3) is 5.51. The van der Waals surface area contributed by atoms with Crippen LogP contribution in [0.5, 0.6) is 5.88 Å². The monoisotopic (exact) mass is 316 g/mol. The van der Waals surface area contributed by atoms with E-state index in [0.717, 1.165) is 5.56 Å². The number of alkyl halides is 3. The number of aromatic nitrogens is 1. The third-order valence-corrected chi connectivity index (χ3v) is 2.78. The molecular weight excluding hydrogens is 305 g/mol. The van der Waals surface area contributed by atoms with Gasteiger partial charge >= 0.3 is 6.18 Å². The molecule has 1 aromatic carbocycles. The van der Waals surface area contributed by atoms with Gasteiger partial charge in [-0.2, -0.15) is 13.2 Å². The normalized spacial score (nSPS) is 11.2. The fraction of sp³-hybridized carbons (Fsp3) is 0.214. The first-order valence-electron chi connectivity index (χ1n) is 6.06. The van der Waals surface area contributed by atoms with Gasteiger partial charge < -0.3 is 10.1 Å². The molecule has 0 aliphatic heterocycles. The maximum absolute atomic E-state index is 12.0. The lowest BCUT2D eigenvalue weighted by atomic mass is 10.2. The van der Waals surface area contributed by atoms with Crippen LogP contribution in [0.2, 0.25) is 5.02 Å². The summed E-state index contributed by atoms with van der Waals surface area (Å²) in [5, 5.41) is 3.76. The molecule has 0 unspecified atom stereocenters. The summed E-state index contributed by atoms with van der Waals surface area (Å²) in [7, 11) is 0. The Morgan fingerprint density at radius 3 is 2.38 bits per heavy atom. The molecule has 0 spiro atoms. The van der Waals surface area contributed by atoms with Crippen LogP contribution < -0.4 is 10.1 Å². The summed E-state index contributed by atoms with van der Waals surface area (Å²) in [5.74, 6) is -0.0654. The number of pyridine rings is 1. The van der Waals surface area contributed by atoms with Crippen molar-refractivity contribution in [2.24, 2.45) is 0 Å². The maximum atomic E-state index is 12.0. The van der Waals surface area contributed by atoms with Gasteiger partial charge in [0.2, 0.25) is 5.88 Å². The van der Waals surface area contributed by atoms with E-state index >= 15 is 0 Å². The molecule has 1 heterocycles. The van der Waals surface area contributed by atoms with Crippen molar-refractivity contribution < 1.29 is 17.9 Å². The van der Waals surface area contributed by atoms with Crippen molar-refractivity contribution in [2.75, 3.05) is 11.9 Å². The van der Waals surface area contributed by atoms with E-state index in [9.17, 15) is 13.2 Å². The van der Waals surface area contributed by atoms with E-state index in [-0.39, 0.29) is 5.88 Å². The lowest BCUT2D eigenvalue weighted by Gasteiger charge is -2.09. The topological polar surface area (TPSA) is 34.1 Å². The molecule has 3 nitrogen and oxygen atoms in total. The van der Waals surface area contributed by atoms with Gasteiger partial charge in [0.15, 0.2) is 6.61 Å². The largest absolute Gasteiger partial charge is 0.468 e. The SMILES string of the molecule is FC(F)(F)COc1ccc(NCc2ccc(Cl)cc2)cn1. The molecule has 2 rings (SSSR count). The van der Waals surface area contributed by atoms with Crippen molar-refractivity contribution in [3.63, 3.8) is 0 Å². The average Bonchev–Trinajstić information content (AvgIpc) is 2.45. The highest BCUT2D eigenvalue weighted by atomic mass is 35.5. The van der Waals surface area contributed by atoms with Crippen LogP contribution in [0.3, 0.4) is 0 Å². The molecule has 0 saturated carbocycles. The molecule has 112 valence electrons. The van der Waals surface area contributed by atoms with Gasteiger partial charge in [0.05, 0.1) is 11.9 Å². The van der Waals surface area contributed by atoms with E-state index in [0.29, 0.717) is 17.3 Å². The van der Waals surface area contributed by atoms with Crippen molar-refractivity contribution >= 4 is 17.3 Å². The van der Waals surface area contributed by atoms with Crippen molar-refractivity contribution in [3.8, 4) is 5.88 Å². The fourth-order valence-corrected chi connectivity index (χ4v) is 1.66. The van der Waals surface area contributed by atoms with Gasteiger partial charge in [0, 0.05) is 17.6 Å². The van der Waals surface area contributed by atoms with E-state index in [1.807, 2.05) is 12.1 Å². The van der Waals surface area contributed by atoms with E-state index in [2.05, 4.69) is 15.0 Å². The summed E-state index contributed by atoms with van der Waals surface area (Å²) in [6.45, 7) is -0.793. The Labute approximate surface area is 124 Å². The first kappa shape index (κ1) is 15.4. The molecule has 0 radical (unpaired) electrons. The zero-order chi connectivity index (χ0) is 15.3. The number of ether oxygens (including phenoxy) is 1. The van der Waals surface area contributed by atoms with Crippen LogP contribution in [-0.4, -0.2) is 17.8 Å². The van der Waals surface area contributed by atoms with Gasteiger partial charge in [0.25, 0.3) is 0 Å². The number of anilines is 1. The number of rotatable bonds is 5. The van der Waals surface area contributed by atoms with Crippen LogP contribution in [0.4, 0.5) is 18.9 Å². The highest BCUT2D eigenvalue weighted by molar-refractivity contribution is 6.30. The Balaban J connectivity index is 1.86. The highest BCUT2D eigenvalue weighted by Gasteiger charge is 2.28. The van der Waals surface area contributed by atoms with Crippen molar-refractivity contribution in [3.05, 3.63) is 53.2 Å². The van der Waals surface area contributed by atoms with Crippen LogP contribution in [-0.2, 0) is 6.54 Å². The van der Waals surface area contributed by atoms with Crippen LogP contribution in [0.25, 0.3) is 0 Å². The third-order valence-electron chi connectivity index (χ3n) is 2.53. The Morgan fingerprint density at radius 1 is 1.10 bits per heavy atom. The predicted octanol–water partition coefficient (Wildman–Crippen LogP) is 4.29. The van der Waals surface area contributed by atoms with Crippen molar-refractivity contribution in [2.45, 2.75) is 12.7 Å². The average molecular weight is 317 g/mol. The van der Waals surface area contributed by atoms with E-state index in [4.69, 9.17) is 11.6 Å². The lowest BCUT2D eigenvalue weighted by Crippen LogP contribution is -2.19. The van der Waals surface area contributed by atoms with E-state index in [1.54, 1.807) is 18.2 Å². The Hall–Kier alpha value is -1.95. The van der Waals surface area contributed by atoms with E-state index in [1.165, 1.54) is 12.3 Å². The minimum Gasteiger partial charge on any atom is -0.468 e. The summed E-state index contributed by atoms with van der Waals surface area (Å²) in [6, 6.07) is 10.3. The summed E-state index contributed by atoms with van der Waals surface area (Å²) < 4.78 is 40.5. The summed E-state index contributed by atoms with van der Waals surface area (Å²) in [5.41, 5.74) is 1.71. The van der Waals surface area contributed by atoms with Crippen molar-refractivity contribution in [1.29, 1.82) is 0 Å². The minimum absolute atomic E-state index is 0.0654. The van der Waals surface area contributed by atoms with Gasteiger partial charge in [-0.15, -0.1) is 0 Å². The predicted molar refractivity (Wildman–Crippen MR) is 74.6 cm³/mol. The molecule has 1 N–H and O–H groups in total. The standard InChI is InChI=1S/C14H12ClF3N2O/c15-11-3-1-10(2-4-11)7-19-12-5-6-13(20-8-12)21-9-14(16,17)18/h1-6,8,19H,7,9H2. The number of hydrogen-bond donors (Lipinski definition) is 1. The summed E-state index contributed by atoms with van der Waals surface area (Å²) in [4.78, 5) is 3.80. The smallest absolute Gasteiger partial charge is 0.422 e. The fourth-order valence-electron chi connectivity index (χ4n) is 1.53. The Morgan fingerprint density at radius 2 is 1.81 bits per heavy atom. The number of nitrogens with zero attached hydrogens (tertiary/aromatic N) is 1. The Bertz CT molecular complexity index is 570. The molecule has 0 fully saturated rings. The molecule has 0 saturated heterocycles. The first-order chi connectivity index (χ1) is 9.92. The molecule has 0 aliphatic carbocycles. The molecule has 1 aromatic heterocycles. The second-order valence-corrected chi connectivity index (χ2v) is 4.71. The zero-order valence-corrected chi connectivity index (χ0v) is 11.6. The molecule has 0 bridgehead atoms. The van der Waals surface area contributed by atoms with Crippen LogP contribution in [0.15, 0.2) is 42.6 Å². The van der Waals surface area contributed by atoms with E-state index < -0.39 is 12.8 Å². The summed E-state index contributed by atoms with van der Waals surface area (Å²) >= 11 is 5.78. The zero-order valence-electron chi connectivity index (χ0n) is 10.8. The molecule has 7 heteroatoms. The maximum Gasteiger partial charge on any atom is 0.422 e. The Kier molecular flexibility index (Phi) is 4.90. The van der Waals surface area contributed by atoms with Gasteiger partial charge in [-0.05, 0) is 23.8 Å². The minimum atomic E-state index is -4.37. The number of benzene rings is 1. The van der Waals surface area contributed by atoms with Crippen LogP contribution in [0.1, 0.15) is 5.56 Å². The first-order valence-corrected chi connectivity index (χ1v) is 6.44. The van der Waals surface area contributed by atoms with Gasteiger partial charge in [-0.1, -0.05) is 23.7 Å². The molecule has 2 aromatic rings. The van der Waals surface area contributed by atoms with Crippen LogP contribution in [0, 0.1) is 0 Å². The van der Waals surface area contributed by atoms with Crippen LogP contribution >= 0.6 is 11.6 Å². The molecular formula is C14H12ClF3N2O. The highest BCUT2D eigenvalue weighted by Crippen LogP contribution is 2.18. The van der Waals surface area contributed by atoms with Crippen molar-refractivity contribution in [1.82, 2.24) is 4.98 Å². The molecule has 0 atom stereocenters.